The van der Waals surface area contributed by atoms with E-state index in [2.05, 4.69) is 25.4 Å². The second kappa shape index (κ2) is 12.2. The van der Waals surface area contributed by atoms with Gasteiger partial charge in [-0.2, -0.15) is 15.1 Å². The summed E-state index contributed by atoms with van der Waals surface area (Å²) >= 11 is 6.59. The summed E-state index contributed by atoms with van der Waals surface area (Å²) in [7, 11) is -2.67. The van der Waals surface area contributed by atoms with Gasteiger partial charge in [-0.3, -0.25) is 13.9 Å². The van der Waals surface area contributed by atoms with Crippen LogP contribution in [0.1, 0.15) is 20.1 Å². The van der Waals surface area contributed by atoms with Gasteiger partial charge in [0.25, 0.3) is 0 Å². The van der Waals surface area contributed by atoms with Crippen molar-refractivity contribution in [3.63, 3.8) is 0 Å². The molecule has 0 saturated carbocycles. The van der Waals surface area contributed by atoms with Gasteiger partial charge < -0.3 is 30.2 Å². The van der Waals surface area contributed by atoms with Gasteiger partial charge >= 0.3 is 13.7 Å². The second-order valence-corrected chi connectivity index (χ2v) is 11.2. The first-order valence-electron chi connectivity index (χ1n) is 12.2. The number of para-hydroxylation sites is 1. The Hall–Kier alpha value is -3.07. The van der Waals surface area contributed by atoms with Crippen molar-refractivity contribution in [2.24, 2.45) is 0 Å². The number of aliphatic hydroxyl groups is 1. The number of halogens is 2. The maximum Gasteiger partial charge on any atom is 0.459 e. The molecule has 218 valence electrons. The minimum absolute atomic E-state index is 0.0850. The fraction of sp³-hybridized carbons (Fsp3) is 0.478. The van der Waals surface area contributed by atoms with Crippen LogP contribution >= 0.6 is 19.3 Å². The van der Waals surface area contributed by atoms with E-state index in [9.17, 15) is 18.9 Å². The Morgan fingerprint density at radius 3 is 2.75 bits per heavy atom. The van der Waals surface area contributed by atoms with E-state index in [1.165, 1.54) is 30.0 Å². The lowest BCUT2D eigenvalue weighted by atomic mass is 10.0. The summed E-state index contributed by atoms with van der Waals surface area (Å²) < 4.78 is 51.6. The zero-order valence-electron chi connectivity index (χ0n) is 21.9. The third-order valence-electron chi connectivity index (χ3n) is 6.06. The molecule has 2 aromatic heterocycles. The summed E-state index contributed by atoms with van der Waals surface area (Å²) in [5.41, 5.74) is 6.30. The molecule has 40 heavy (non-hydrogen) atoms. The monoisotopic (exact) mass is 601 g/mol. The zero-order chi connectivity index (χ0) is 29.1. The van der Waals surface area contributed by atoms with Crippen LogP contribution in [0.4, 0.5) is 16.2 Å². The number of aromatic nitrogens is 4. The largest absolute Gasteiger partial charge is 0.465 e. The number of hydrogen-bond donors (Lipinski definition) is 4. The molecule has 0 aliphatic carbocycles. The molecule has 0 radical (unpaired) electrons. The molecular weight excluding hydrogens is 572 g/mol. The predicted molar refractivity (Wildman–Crippen MR) is 144 cm³/mol. The predicted octanol–water partition coefficient (Wildman–Crippen LogP) is 2.40. The molecule has 5 N–H and O–H groups in total. The second-order valence-electron chi connectivity index (χ2n) is 8.84. The van der Waals surface area contributed by atoms with Gasteiger partial charge in [0.2, 0.25) is 5.95 Å². The molecule has 0 bridgehead atoms. The fourth-order valence-corrected chi connectivity index (χ4v) is 5.90. The average molecular weight is 602 g/mol. The van der Waals surface area contributed by atoms with E-state index in [0.717, 1.165) is 0 Å². The number of nitrogens with zero attached hydrogens (tertiary/aromatic N) is 4. The number of imidazole rings is 1. The summed E-state index contributed by atoms with van der Waals surface area (Å²) in [5.74, 6) is -0.274. The molecule has 1 saturated heterocycles. The fourth-order valence-electron chi connectivity index (χ4n) is 4.10. The highest BCUT2D eigenvalue weighted by Crippen LogP contribution is 2.49. The van der Waals surface area contributed by atoms with E-state index in [-0.39, 0.29) is 24.0 Å². The number of anilines is 2. The van der Waals surface area contributed by atoms with Gasteiger partial charge in [-0.1, -0.05) is 18.2 Å². The number of hydrogen-bond acceptors (Lipinski definition) is 12. The van der Waals surface area contributed by atoms with Gasteiger partial charge in [0.15, 0.2) is 23.2 Å². The first-order chi connectivity index (χ1) is 19.0. The van der Waals surface area contributed by atoms with Crippen molar-refractivity contribution < 1.29 is 37.4 Å². The van der Waals surface area contributed by atoms with Crippen molar-refractivity contribution in [3.05, 3.63) is 36.7 Å². The lowest BCUT2D eigenvalue weighted by Gasteiger charge is -2.27. The normalized spacial score (nSPS) is 24.9. The van der Waals surface area contributed by atoms with Crippen molar-refractivity contribution in [3.8, 4) is 5.75 Å². The lowest BCUT2D eigenvalue weighted by molar-refractivity contribution is -0.144. The quantitative estimate of drug-likeness (QED) is 0.135. The first-order valence-corrected chi connectivity index (χ1v) is 14.2. The van der Waals surface area contributed by atoms with E-state index >= 15 is 0 Å². The van der Waals surface area contributed by atoms with Gasteiger partial charge in [0.05, 0.1) is 19.5 Å². The maximum absolute atomic E-state index is 14.4. The van der Waals surface area contributed by atoms with Crippen molar-refractivity contribution in [1.82, 2.24) is 24.6 Å². The highest BCUT2D eigenvalue weighted by molar-refractivity contribution is 7.52. The molecule has 14 nitrogen and oxygen atoms in total. The number of nitrogen functional groups attached to an aromatic ring is 1. The van der Waals surface area contributed by atoms with Gasteiger partial charge in [-0.25, -0.2) is 13.9 Å². The number of ether oxygens (including phenoxy) is 2. The number of nitrogens with one attached hydrogen (secondary N) is 2. The SMILES string of the molecule is CCOC(=O)[C@H](C)N[P@@](=O)(OC[C@H]1O[C@@H](n2cnc3c(NC)nc(N)nc32)[C@@](Cl)(CF)[C@@H]1O)Oc1ccccc1. The van der Waals surface area contributed by atoms with Crippen LogP contribution in [0, 0.1) is 0 Å². The highest BCUT2D eigenvalue weighted by atomic mass is 35.5. The number of aliphatic hydroxyl groups excluding tert-OH is 1. The third-order valence-corrected chi connectivity index (χ3v) is 8.22. The number of fused-ring (bicyclic) bond motifs is 1. The molecule has 1 aliphatic heterocycles. The van der Waals surface area contributed by atoms with Gasteiger partial charge in [0, 0.05) is 7.05 Å². The van der Waals surface area contributed by atoms with Crippen molar-refractivity contribution in [2.75, 3.05) is 38.0 Å². The number of carbonyl (C=O) groups is 1. The molecule has 3 heterocycles. The number of alkyl halides is 2. The standard InChI is InChI=1S/C23H30ClFN7O7P/c1-4-36-20(34)13(2)31-40(35,39-14-8-6-5-7-9-14)37-10-15-17(33)23(24,11-25)21(38-15)32-12-28-16-18(27-3)29-22(26)30-19(16)32/h5-9,12-13,15,17,21,33H,4,10-11H2,1-3H3,(H,31,35)(H3,26,27,29,30)/t13-,15+,17+,21+,23+,40+/m0/s1. The Morgan fingerprint density at radius 1 is 1.38 bits per heavy atom. The van der Waals surface area contributed by atoms with E-state index in [4.69, 9.17) is 35.9 Å². The zero-order valence-corrected chi connectivity index (χ0v) is 23.5. The van der Waals surface area contributed by atoms with Crippen LogP contribution in [-0.2, 0) is 23.4 Å². The molecule has 0 amide bonds. The first kappa shape index (κ1) is 29.9. The van der Waals surface area contributed by atoms with Crippen molar-refractivity contribution >= 4 is 48.2 Å². The minimum Gasteiger partial charge on any atom is -0.465 e. The van der Waals surface area contributed by atoms with Crippen LogP contribution < -0.4 is 20.7 Å². The molecule has 1 fully saturated rings. The highest BCUT2D eigenvalue weighted by Gasteiger charge is 2.57. The molecule has 1 aromatic carbocycles. The number of benzene rings is 1. The summed E-state index contributed by atoms with van der Waals surface area (Å²) in [6.07, 6.45) is -2.95. The number of esters is 1. The summed E-state index contributed by atoms with van der Waals surface area (Å²) in [6, 6.07) is 7.01. The van der Waals surface area contributed by atoms with Crippen LogP contribution in [0.2, 0.25) is 0 Å². The van der Waals surface area contributed by atoms with Crippen LogP contribution in [0.25, 0.3) is 11.2 Å². The topological polar surface area (TPSA) is 185 Å². The van der Waals surface area contributed by atoms with E-state index in [0.29, 0.717) is 11.3 Å². The van der Waals surface area contributed by atoms with Crippen LogP contribution in [0.15, 0.2) is 36.7 Å². The van der Waals surface area contributed by atoms with Crippen LogP contribution in [0.5, 0.6) is 5.75 Å². The third kappa shape index (κ3) is 5.99. The molecule has 17 heteroatoms. The summed E-state index contributed by atoms with van der Waals surface area (Å²) in [6.45, 7) is 1.37. The van der Waals surface area contributed by atoms with Gasteiger partial charge in [-0.05, 0) is 26.0 Å². The van der Waals surface area contributed by atoms with E-state index in [1.807, 2.05) is 0 Å². The Bertz CT molecular complexity index is 1390. The molecular formula is C23H30ClFN7O7P. The molecule has 6 atom stereocenters. The molecule has 0 spiro atoms. The Morgan fingerprint density at radius 2 is 2.10 bits per heavy atom. The van der Waals surface area contributed by atoms with Crippen LogP contribution in [-0.4, -0.2) is 80.7 Å². The number of nitrogens with two attached hydrogens (primary N) is 1. The van der Waals surface area contributed by atoms with E-state index < -0.39 is 56.3 Å². The summed E-state index contributed by atoms with van der Waals surface area (Å²) in [4.78, 5) is 22.7. The van der Waals surface area contributed by atoms with Crippen molar-refractivity contribution in [1.29, 1.82) is 0 Å². The minimum atomic E-state index is -4.28. The van der Waals surface area contributed by atoms with Gasteiger partial charge in [0.1, 0.15) is 35.5 Å². The lowest BCUT2D eigenvalue weighted by Crippen LogP contribution is -2.44. The van der Waals surface area contributed by atoms with Gasteiger partial charge in [-0.15, -0.1) is 11.6 Å². The molecule has 4 rings (SSSR count). The Labute approximate surface area is 233 Å². The van der Waals surface area contributed by atoms with Crippen molar-refractivity contribution in [2.45, 2.75) is 43.2 Å². The number of rotatable bonds is 12. The molecule has 0 unspecified atom stereocenters. The number of carbonyl (C=O) groups excluding carboxylic acids is 1. The molecule has 3 aromatic rings. The van der Waals surface area contributed by atoms with E-state index in [1.54, 1.807) is 32.2 Å². The van der Waals surface area contributed by atoms with Crippen LogP contribution in [0.3, 0.4) is 0 Å². The Balaban J connectivity index is 1.59. The molecule has 1 aliphatic rings. The Kier molecular flexibility index (Phi) is 9.12. The summed E-state index contributed by atoms with van der Waals surface area (Å²) in [5, 5.41) is 16.4. The smallest absolute Gasteiger partial charge is 0.459 e. The maximum atomic E-state index is 14.4. The average Bonchev–Trinajstić information content (AvgIpc) is 3.46.